The Labute approximate surface area is 160 Å². The van der Waals surface area contributed by atoms with E-state index in [-0.39, 0.29) is 11.6 Å². The van der Waals surface area contributed by atoms with Crippen LogP contribution in [0, 0.1) is 18.6 Å². The second-order valence-corrected chi connectivity index (χ2v) is 7.14. The highest BCUT2D eigenvalue weighted by Crippen LogP contribution is 2.55. The molecule has 1 aliphatic heterocycles. The summed E-state index contributed by atoms with van der Waals surface area (Å²) in [6, 6.07) is 1.66. The van der Waals surface area contributed by atoms with Gasteiger partial charge in [-0.2, -0.15) is 18.3 Å². The van der Waals surface area contributed by atoms with Crippen LogP contribution in [0.15, 0.2) is 30.7 Å². The maximum absolute atomic E-state index is 14.9. The SMILES string of the molecule is Cc1cnc2n1C1(CC1)C(=O)N2c1c(F)cc(-n2cc(C(F)(F)F)cn2)cc1F. The third-order valence-electron chi connectivity index (χ3n) is 5.27. The Hall–Kier alpha value is -3.24. The Bertz CT molecular complexity index is 1150. The maximum atomic E-state index is 14.9. The van der Waals surface area contributed by atoms with Crippen LogP contribution in [0.4, 0.5) is 33.6 Å². The van der Waals surface area contributed by atoms with Gasteiger partial charge in [0.2, 0.25) is 5.95 Å². The van der Waals surface area contributed by atoms with Gasteiger partial charge in [0.15, 0.2) is 11.6 Å². The van der Waals surface area contributed by atoms with Gasteiger partial charge in [-0.15, -0.1) is 0 Å². The van der Waals surface area contributed by atoms with Gasteiger partial charge in [0, 0.05) is 24.0 Å². The number of fused-ring (bicyclic) bond motifs is 2. The predicted octanol–water partition coefficient (Wildman–Crippen LogP) is 3.84. The normalized spacial score (nSPS) is 17.3. The summed E-state index contributed by atoms with van der Waals surface area (Å²) in [6.07, 6.45) is -0.844. The zero-order valence-corrected chi connectivity index (χ0v) is 14.8. The first-order chi connectivity index (χ1) is 13.6. The lowest BCUT2D eigenvalue weighted by atomic mass is 10.2. The van der Waals surface area contributed by atoms with E-state index < -0.39 is 40.5 Å². The van der Waals surface area contributed by atoms with E-state index in [9.17, 15) is 26.7 Å². The summed E-state index contributed by atoms with van der Waals surface area (Å²) in [5.41, 5.74) is -2.08. The minimum absolute atomic E-state index is 0.119. The summed E-state index contributed by atoms with van der Waals surface area (Å²) in [6.45, 7) is 1.75. The van der Waals surface area contributed by atoms with Crippen LogP contribution in [0.2, 0.25) is 0 Å². The number of hydrogen-bond donors (Lipinski definition) is 0. The monoisotopic (exact) mass is 409 g/mol. The summed E-state index contributed by atoms with van der Waals surface area (Å²) in [4.78, 5) is 17.9. The summed E-state index contributed by atoms with van der Waals surface area (Å²) in [7, 11) is 0. The molecule has 1 fully saturated rings. The van der Waals surface area contributed by atoms with Gasteiger partial charge in [0.1, 0.15) is 11.2 Å². The predicted molar refractivity (Wildman–Crippen MR) is 89.8 cm³/mol. The third-order valence-corrected chi connectivity index (χ3v) is 5.27. The molecule has 1 amide bonds. The van der Waals surface area contributed by atoms with Gasteiger partial charge < -0.3 is 0 Å². The molecule has 2 aliphatic rings. The van der Waals surface area contributed by atoms with E-state index >= 15 is 0 Å². The number of rotatable bonds is 2. The van der Waals surface area contributed by atoms with Crippen LogP contribution < -0.4 is 4.90 Å². The molecule has 1 spiro atoms. The van der Waals surface area contributed by atoms with Crippen molar-refractivity contribution in [2.24, 2.45) is 0 Å². The van der Waals surface area contributed by atoms with E-state index in [0.717, 1.165) is 21.7 Å². The molecule has 11 heteroatoms. The van der Waals surface area contributed by atoms with E-state index in [4.69, 9.17) is 0 Å². The summed E-state index contributed by atoms with van der Waals surface area (Å²) >= 11 is 0. The second-order valence-electron chi connectivity index (χ2n) is 7.14. The van der Waals surface area contributed by atoms with Crippen LogP contribution in [0.25, 0.3) is 5.69 Å². The van der Waals surface area contributed by atoms with Crippen molar-refractivity contribution in [3.8, 4) is 5.69 Å². The number of carbonyl (C=O) groups is 1. The van der Waals surface area contributed by atoms with Gasteiger partial charge in [-0.05, 0) is 19.8 Å². The van der Waals surface area contributed by atoms with Crippen LogP contribution in [0.1, 0.15) is 24.1 Å². The molecule has 3 aromatic rings. The molecule has 2 aromatic heterocycles. The molecule has 1 saturated carbocycles. The maximum Gasteiger partial charge on any atom is 0.419 e. The zero-order chi connectivity index (χ0) is 20.7. The molecule has 1 aliphatic carbocycles. The highest BCUT2D eigenvalue weighted by molar-refractivity contribution is 6.09. The summed E-state index contributed by atoms with van der Waals surface area (Å²) in [5.74, 6) is -2.58. The molecule has 150 valence electrons. The van der Waals surface area contributed by atoms with Crippen molar-refractivity contribution in [3.05, 3.63) is 53.6 Å². The van der Waals surface area contributed by atoms with Crippen molar-refractivity contribution in [2.45, 2.75) is 31.5 Å². The standard InChI is InChI=1S/C18H12F5N5O/c1-9-6-24-16-27(15(29)17(2-3-17)28(9)16)14-12(19)4-11(5-13(14)20)26-8-10(7-25-26)18(21,22)23/h4-8H,2-3H2,1H3. The Kier molecular flexibility index (Phi) is 3.34. The highest BCUT2D eigenvalue weighted by Gasteiger charge is 2.61. The van der Waals surface area contributed by atoms with E-state index in [2.05, 4.69) is 10.1 Å². The number of anilines is 2. The average Bonchev–Trinajstić information content (AvgIpc) is 3.00. The molecule has 0 atom stereocenters. The van der Waals surface area contributed by atoms with Crippen LogP contribution in [0.3, 0.4) is 0 Å². The lowest BCUT2D eigenvalue weighted by Crippen LogP contribution is -2.31. The van der Waals surface area contributed by atoms with Crippen molar-refractivity contribution < 1.29 is 26.7 Å². The van der Waals surface area contributed by atoms with Crippen LogP contribution >= 0.6 is 0 Å². The zero-order valence-electron chi connectivity index (χ0n) is 14.8. The number of nitrogens with zero attached hydrogens (tertiary/aromatic N) is 5. The molecule has 0 saturated heterocycles. The number of imidazole rings is 1. The number of aromatic nitrogens is 4. The summed E-state index contributed by atoms with van der Waals surface area (Å²) in [5, 5.41) is 3.52. The van der Waals surface area contributed by atoms with Crippen molar-refractivity contribution in [3.63, 3.8) is 0 Å². The van der Waals surface area contributed by atoms with Crippen molar-refractivity contribution in [2.75, 3.05) is 4.90 Å². The van der Waals surface area contributed by atoms with E-state index in [1.165, 1.54) is 6.20 Å². The molecular weight excluding hydrogens is 397 g/mol. The molecule has 3 heterocycles. The second kappa shape index (κ2) is 5.43. The van der Waals surface area contributed by atoms with E-state index in [1.807, 2.05) is 0 Å². The number of benzene rings is 1. The van der Waals surface area contributed by atoms with E-state index in [0.29, 0.717) is 30.9 Å². The van der Waals surface area contributed by atoms with E-state index in [1.54, 1.807) is 11.5 Å². The Balaban J connectivity index is 1.60. The minimum Gasteiger partial charge on any atom is -0.299 e. The van der Waals surface area contributed by atoms with Gasteiger partial charge in [0.25, 0.3) is 5.91 Å². The molecule has 0 bridgehead atoms. The quantitative estimate of drug-likeness (QED) is 0.605. The molecule has 0 N–H and O–H groups in total. The first-order valence-electron chi connectivity index (χ1n) is 8.64. The lowest BCUT2D eigenvalue weighted by molar-refractivity contribution is -0.137. The van der Waals surface area contributed by atoms with Crippen molar-refractivity contribution in [1.29, 1.82) is 0 Å². The molecule has 6 nitrogen and oxygen atoms in total. The third kappa shape index (κ3) is 2.36. The lowest BCUT2D eigenvalue weighted by Gasteiger charge is -2.17. The minimum atomic E-state index is -4.63. The number of halogens is 5. The molecule has 0 radical (unpaired) electrons. The van der Waals surface area contributed by atoms with Crippen LogP contribution in [-0.2, 0) is 16.5 Å². The first-order valence-corrected chi connectivity index (χ1v) is 8.64. The average molecular weight is 409 g/mol. The largest absolute Gasteiger partial charge is 0.419 e. The van der Waals surface area contributed by atoms with Crippen molar-refractivity contribution in [1.82, 2.24) is 19.3 Å². The number of hydrogen-bond acceptors (Lipinski definition) is 3. The van der Waals surface area contributed by atoms with Crippen LogP contribution in [0.5, 0.6) is 0 Å². The molecule has 29 heavy (non-hydrogen) atoms. The Morgan fingerprint density at radius 2 is 1.76 bits per heavy atom. The fourth-order valence-electron chi connectivity index (χ4n) is 3.77. The fourth-order valence-corrected chi connectivity index (χ4v) is 3.77. The summed E-state index contributed by atoms with van der Waals surface area (Å²) < 4.78 is 70.5. The van der Waals surface area contributed by atoms with Crippen LogP contribution in [-0.4, -0.2) is 25.2 Å². The molecule has 0 unspecified atom stereocenters. The molecular formula is C18H12F5N5O. The number of aryl methyl sites for hydroxylation is 1. The topological polar surface area (TPSA) is 56.0 Å². The Morgan fingerprint density at radius 3 is 2.31 bits per heavy atom. The first kappa shape index (κ1) is 17.8. The highest BCUT2D eigenvalue weighted by atomic mass is 19.4. The number of amides is 1. The van der Waals surface area contributed by atoms with Gasteiger partial charge in [-0.1, -0.05) is 0 Å². The smallest absolute Gasteiger partial charge is 0.299 e. The van der Waals surface area contributed by atoms with Crippen molar-refractivity contribution >= 4 is 17.5 Å². The van der Waals surface area contributed by atoms with Gasteiger partial charge in [0.05, 0.1) is 23.6 Å². The number of carbonyl (C=O) groups excluding carboxylic acids is 1. The number of alkyl halides is 3. The fraction of sp³-hybridized carbons (Fsp3) is 0.278. The van der Waals surface area contributed by atoms with Gasteiger partial charge in [-0.3, -0.25) is 9.36 Å². The molecule has 5 rings (SSSR count). The van der Waals surface area contributed by atoms with Gasteiger partial charge >= 0.3 is 6.18 Å². The van der Waals surface area contributed by atoms with Gasteiger partial charge in [-0.25, -0.2) is 23.3 Å². The Morgan fingerprint density at radius 1 is 1.10 bits per heavy atom. The molecule has 1 aromatic carbocycles.